The van der Waals surface area contributed by atoms with E-state index in [-0.39, 0.29) is 28.9 Å². The zero-order chi connectivity index (χ0) is 16.7. The van der Waals surface area contributed by atoms with Crippen molar-refractivity contribution in [2.45, 2.75) is 56.5 Å². The van der Waals surface area contributed by atoms with Gasteiger partial charge in [0.15, 0.2) is 5.96 Å². The summed E-state index contributed by atoms with van der Waals surface area (Å²) in [6, 6.07) is 7.14. The molecule has 0 radical (unpaired) electrons. The number of aliphatic imine (C=N–C) groups is 1. The van der Waals surface area contributed by atoms with E-state index in [9.17, 15) is 8.42 Å². The quantitative estimate of drug-likeness (QED) is 0.341. The van der Waals surface area contributed by atoms with E-state index in [0.29, 0.717) is 25.1 Å². The van der Waals surface area contributed by atoms with Gasteiger partial charge in [-0.05, 0) is 30.5 Å². The second-order valence-corrected chi connectivity index (χ2v) is 7.59. The molecular formula is C16H27IN4O2S. The molecule has 1 saturated carbocycles. The van der Waals surface area contributed by atoms with Gasteiger partial charge >= 0.3 is 0 Å². The Morgan fingerprint density at radius 3 is 2.42 bits per heavy atom. The Labute approximate surface area is 161 Å². The van der Waals surface area contributed by atoms with Gasteiger partial charge in [0.05, 0.1) is 11.4 Å². The molecule has 0 spiro atoms. The molecule has 1 fully saturated rings. The van der Waals surface area contributed by atoms with Gasteiger partial charge in [-0.1, -0.05) is 38.3 Å². The van der Waals surface area contributed by atoms with Crippen LogP contribution in [-0.4, -0.2) is 27.0 Å². The molecule has 4 N–H and O–H groups in total. The molecule has 1 aromatic rings. The maximum absolute atomic E-state index is 11.9. The van der Waals surface area contributed by atoms with Crippen LogP contribution in [0, 0.1) is 0 Å². The summed E-state index contributed by atoms with van der Waals surface area (Å²) in [5.74, 6) is 0.459. The molecule has 0 aromatic heterocycles. The number of sulfonamides is 1. The lowest BCUT2D eigenvalue weighted by Crippen LogP contribution is -2.41. The highest BCUT2D eigenvalue weighted by molar-refractivity contribution is 14.0. The van der Waals surface area contributed by atoms with Crippen molar-refractivity contribution in [3.05, 3.63) is 29.8 Å². The minimum Gasteiger partial charge on any atom is -0.370 e. The molecule has 0 aliphatic heterocycles. The first-order chi connectivity index (χ1) is 11.0. The number of hydrogen-bond donors (Lipinski definition) is 3. The molecule has 0 atom stereocenters. The molecule has 1 aliphatic rings. The van der Waals surface area contributed by atoms with Crippen LogP contribution in [-0.2, 0) is 16.6 Å². The minimum atomic E-state index is -3.40. The zero-order valence-corrected chi connectivity index (χ0v) is 17.1. The van der Waals surface area contributed by atoms with Gasteiger partial charge < -0.3 is 11.1 Å². The predicted octanol–water partition coefficient (Wildman–Crippen LogP) is 2.34. The Morgan fingerprint density at radius 1 is 1.21 bits per heavy atom. The van der Waals surface area contributed by atoms with Crippen LogP contribution in [0.1, 0.15) is 44.6 Å². The number of nitrogens with two attached hydrogens (primary N) is 1. The van der Waals surface area contributed by atoms with Crippen LogP contribution in [0.15, 0.2) is 34.2 Å². The third kappa shape index (κ3) is 6.56. The summed E-state index contributed by atoms with van der Waals surface area (Å²) in [5, 5.41) is 3.26. The highest BCUT2D eigenvalue weighted by Gasteiger charge is 2.13. The van der Waals surface area contributed by atoms with Crippen LogP contribution in [0.25, 0.3) is 0 Å². The molecule has 6 nitrogen and oxygen atoms in total. The average molecular weight is 466 g/mol. The predicted molar refractivity (Wildman–Crippen MR) is 108 cm³/mol. The molecule has 0 saturated heterocycles. The molecule has 24 heavy (non-hydrogen) atoms. The zero-order valence-electron chi connectivity index (χ0n) is 14.0. The van der Waals surface area contributed by atoms with Crippen LogP contribution >= 0.6 is 24.0 Å². The van der Waals surface area contributed by atoms with Gasteiger partial charge in [0.1, 0.15) is 0 Å². The summed E-state index contributed by atoms with van der Waals surface area (Å²) < 4.78 is 26.2. The summed E-state index contributed by atoms with van der Waals surface area (Å²) in [5.41, 5.74) is 6.85. The van der Waals surface area contributed by atoms with Gasteiger partial charge in [-0.2, -0.15) is 0 Å². The third-order valence-electron chi connectivity index (χ3n) is 3.96. The van der Waals surface area contributed by atoms with Crippen molar-refractivity contribution in [2.24, 2.45) is 10.7 Å². The van der Waals surface area contributed by atoms with Crippen molar-refractivity contribution in [1.82, 2.24) is 10.0 Å². The van der Waals surface area contributed by atoms with E-state index in [1.54, 1.807) is 31.2 Å². The number of nitrogens with one attached hydrogen (secondary N) is 2. The first kappa shape index (κ1) is 21.2. The van der Waals surface area contributed by atoms with E-state index < -0.39 is 10.0 Å². The number of halogens is 1. The summed E-state index contributed by atoms with van der Waals surface area (Å²) >= 11 is 0. The number of benzene rings is 1. The normalized spacial score (nSPS) is 16.5. The van der Waals surface area contributed by atoms with Crippen molar-refractivity contribution in [3.8, 4) is 0 Å². The molecule has 8 heteroatoms. The van der Waals surface area contributed by atoms with Gasteiger partial charge in [0.25, 0.3) is 0 Å². The number of rotatable bonds is 6. The SMILES string of the molecule is CCNS(=O)(=O)c1ccc(CN=C(N)NC2CCCCC2)cc1.I. The Morgan fingerprint density at radius 2 is 1.83 bits per heavy atom. The topological polar surface area (TPSA) is 96.6 Å². The lowest BCUT2D eigenvalue weighted by Gasteiger charge is -2.23. The Kier molecular flexibility index (Phi) is 8.99. The summed E-state index contributed by atoms with van der Waals surface area (Å²) in [4.78, 5) is 4.60. The maximum atomic E-state index is 11.9. The molecule has 0 unspecified atom stereocenters. The standard InChI is InChI=1S/C16H26N4O2S.HI/c1-2-19-23(21,22)15-10-8-13(9-11-15)12-18-16(17)20-14-6-4-3-5-7-14;/h8-11,14,19H,2-7,12H2,1H3,(H3,17,18,20);1H. The fourth-order valence-corrected chi connectivity index (χ4v) is 3.77. The third-order valence-corrected chi connectivity index (χ3v) is 5.52. The van der Waals surface area contributed by atoms with E-state index in [0.717, 1.165) is 18.4 Å². The first-order valence-electron chi connectivity index (χ1n) is 8.16. The van der Waals surface area contributed by atoms with Gasteiger partial charge in [-0.25, -0.2) is 18.1 Å². The van der Waals surface area contributed by atoms with Crippen LogP contribution in [0.3, 0.4) is 0 Å². The van der Waals surface area contributed by atoms with E-state index in [4.69, 9.17) is 5.73 Å². The maximum Gasteiger partial charge on any atom is 0.240 e. The fourth-order valence-electron chi connectivity index (χ4n) is 2.73. The van der Waals surface area contributed by atoms with E-state index in [1.165, 1.54) is 19.3 Å². The van der Waals surface area contributed by atoms with E-state index in [2.05, 4.69) is 15.0 Å². The fraction of sp³-hybridized carbons (Fsp3) is 0.562. The lowest BCUT2D eigenvalue weighted by atomic mass is 9.96. The molecule has 0 heterocycles. The van der Waals surface area contributed by atoms with Gasteiger partial charge in [0, 0.05) is 12.6 Å². The highest BCUT2D eigenvalue weighted by Crippen LogP contribution is 2.17. The monoisotopic (exact) mass is 466 g/mol. The van der Waals surface area contributed by atoms with Gasteiger partial charge in [-0.3, -0.25) is 0 Å². The smallest absolute Gasteiger partial charge is 0.240 e. The number of hydrogen-bond acceptors (Lipinski definition) is 3. The van der Waals surface area contributed by atoms with E-state index >= 15 is 0 Å². The molecule has 1 aliphatic carbocycles. The number of nitrogens with zero attached hydrogens (tertiary/aromatic N) is 1. The molecule has 0 amide bonds. The van der Waals surface area contributed by atoms with Crippen molar-refractivity contribution < 1.29 is 8.42 Å². The number of guanidine groups is 1. The van der Waals surface area contributed by atoms with Gasteiger partial charge in [0.2, 0.25) is 10.0 Å². The Balaban J connectivity index is 0.00000288. The second-order valence-electron chi connectivity index (χ2n) is 5.83. The van der Waals surface area contributed by atoms with Crippen LogP contribution in [0.4, 0.5) is 0 Å². The Bertz CT molecular complexity index is 626. The largest absolute Gasteiger partial charge is 0.370 e. The molecule has 136 valence electrons. The van der Waals surface area contributed by atoms with Gasteiger partial charge in [-0.15, -0.1) is 24.0 Å². The van der Waals surface area contributed by atoms with Crippen LogP contribution in [0.5, 0.6) is 0 Å². The average Bonchev–Trinajstić information content (AvgIpc) is 2.54. The van der Waals surface area contributed by atoms with Crippen molar-refractivity contribution in [3.63, 3.8) is 0 Å². The van der Waals surface area contributed by atoms with Crippen molar-refractivity contribution in [1.29, 1.82) is 0 Å². The molecule has 0 bridgehead atoms. The van der Waals surface area contributed by atoms with Crippen molar-refractivity contribution >= 4 is 40.0 Å². The molecule has 1 aromatic carbocycles. The summed E-state index contributed by atoms with van der Waals surface area (Å²) in [6.07, 6.45) is 6.08. The lowest BCUT2D eigenvalue weighted by molar-refractivity contribution is 0.412. The van der Waals surface area contributed by atoms with E-state index in [1.807, 2.05) is 0 Å². The Hall–Kier alpha value is -0.870. The summed E-state index contributed by atoms with van der Waals surface area (Å²) in [6.45, 7) is 2.56. The molecule has 2 rings (SSSR count). The highest BCUT2D eigenvalue weighted by atomic mass is 127. The molecular weight excluding hydrogens is 439 g/mol. The van der Waals surface area contributed by atoms with Crippen molar-refractivity contribution in [2.75, 3.05) is 6.54 Å². The van der Waals surface area contributed by atoms with Crippen LogP contribution in [0.2, 0.25) is 0 Å². The minimum absolute atomic E-state index is 0. The van der Waals surface area contributed by atoms with Crippen LogP contribution < -0.4 is 15.8 Å². The first-order valence-corrected chi connectivity index (χ1v) is 9.64. The second kappa shape index (κ2) is 10.2. The summed E-state index contributed by atoms with van der Waals surface area (Å²) in [7, 11) is -3.40.